The SMILES string of the molecule is CCC(CN)(Cc1ccccc1)N1CCCC(C)C1. The Morgan fingerprint density at radius 3 is 2.63 bits per heavy atom. The molecule has 2 heteroatoms. The summed E-state index contributed by atoms with van der Waals surface area (Å²) in [5, 5.41) is 0. The summed E-state index contributed by atoms with van der Waals surface area (Å²) >= 11 is 0. The minimum absolute atomic E-state index is 0.149. The number of nitrogens with two attached hydrogens (primary N) is 1. The van der Waals surface area contributed by atoms with Gasteiger partial charge in [0.05, 0.1) is 0 Å². The lowest BCUT2D eigenvalue weighted by Crippen LogP contribution is -2.57. The molecule has 0 aromatic heterocycles. The quantitative estimate of drug-likeness (QED) is 0.881. The van der Waals surface area contributed by atoms with E-state index in [0.717, 1.165) is 25.3 Å². The average molecular weight is 260 g/mol. The molecule has 106 valence electrons. The van der Waals surface area contributed by atoms with Crippen LogP contribution in [0.25, 0.3) is 0 Å². The molecule has 1 aliphatic rings. The van der Waals surface area contributed by atoms with Crippen molar-refractivity contribution in [3.8, 4) is 0 Å². The maximum absolute atomic E-state index is 6.20. The number of hydrogen-bond acceptors (Lipinski definition) is 2. The predicted octanol–water partition coefficient (Wildman–Crippen LogP) is 3.07. The lowest BCUT2D eigenvalue weighted by Gasteiger charge is -2.46. The molecule has 1 aromatic carbocycles. The van der Waals surface area contributed by atoms with Crippen molar-refractivity contribution in [1.29, 1.82) is 0 Å². The zero-order chi connectivity index (χ0) is 13.7. The van der Waals surface area contributed by atoms with Gasteiger partial charge in [0.1, 0.15) is 0 Å². The molecule has 1 fully saturated rings. The van der Waals surface area contributed by atoms with Crippen LogP contribution in [0.3, 0.4) is 0 Å². The first-order chi connectivity index (χ1) is 9.20. The molecule has 2 rings (SSSR count). The number of likely N-dealkylation sites (tertiary alicyclic amines) is 1. The van der Waals surface area contributed by atoms with Crippen molar-refractivity contribution in [2.45, 2.75) is 45.1 Å². The minimum atomic E-state index is 0.149. The van der Waals surface area contributed by atoms with E-state index in [4.69, 9.17) is 5.73 Å². The van der Waals surface area contributed by atoms with Crippen molar-refractivity contribution < 1.29 is 0 Å². The van der Waals surface area contributed by atoms with Crippen LogP contribution >= 0.6 is 0 Å². The first kappa shape index (κ1) is 14.5. The van der Waals surface area contributed by atoms with E-state index >= 15 is 0 Å². The maximum atomic E-state index is 6.20. The molecule has 2 N–H and O–H groups in total. The highest BCUT2D eigenvalue weighted by molar-refractivity contribution is 5.18. The Hall–Kier alpha value is -0.860. The zero-order valence-electron chi connectivity index (χ0n) is 12.4. The standard InChI is InChI=1S/C17H28N2/c1-3-17(14-18,12-16-9-5-4-6-10-16)19-11-7-8-15(2)13-19/h4-6,9-10,15H,3,7-8,11-14,18H2,1-2H3. The zero-order valence-corrected chi connectivity index (χ0v) is 12.4. The molecule has 0 aliphatic carbocycles. The van der Waals surface area contributed by atoms with E-state index in [0.29, 0.717) is 0 Å². The van der Waals surface area contributed by atoms with Crippen LogP contribution in [0.5, 0.6) is 0 Å². The van der Waals surface area contributed by atoms with Gasteiger partial charge < -0.3 is 5.73 Å². The van der Waals surface area contributed by atoms with E-state index in [2.05, 4.69) is 49.1 Å². The lowest BCUT2D eigenvalue weighted by molar-refractivity contribution is 0.0478. The average Bonchev–Trinajstić information content (AvgIpc) is 2.46. The molecule has 0 amide bonds. The van der Waals surface area contributed by atoms with Gasteiger partial charge in [0, 0.05) is 18.6 Å². The monoisotopic (exact) mass is 260 g/mol. The summed E-state index contributed by atoms with van der Waals surface area (Å²) in [6.07, 6.45) is 4.89. The Balaban J connectivity index is 2.16. The number of hydrogen-bond donors (Lipinski definition) is 1. The van der Waals surface area contributed by atoms with Crippen molar-refractivity contribution in [2.24, 2.45) is 11.7 Å². The molecular weight excluding hydrogens is 232 g/mol. The van der Waals surface area contributed by atoms with Crippen molar-refractivity contribution in [2.75, 3.05) is 19.6 Å². The van der Waals surface area contributed by atoms with Gasteiger partial charge in [-0.15, -0.1) is 0 Å². The Morgan fingerprint density at radius 1 is 1.32 bits per heavy atom. The van der Waals surface area contributed by atoms with Gasteiger partial charge in [-0.1, -0.05) is 44.2 Å². The normalized spacial score (nSPS) is 24.1. The third kappa shape index (κ3) is 3.37. The van der Waals surface area contributed by atoms with Crippen LogP contribution in [0.4, 0.5) is 0 Å². The van der Waals surface area contributed by atoms with E-state index < -0.39 is 0 Å². The molecule has 2 nitrogen and oxygen atoms in total. The van der Waals surface area contributed by atoms with Gasteiger partial charge in [-0.2, -0.15) is 0 Å². The van der Waals surface area contributed by atoms with Gasteiger partial charge in [-0.05, 0) is 43.7 Å². The molecule has 1 heterocycles. The number of rotatable bonds is 5. The maximum Gasteiger partial charge on any atom is 0.0369 e. The molecule has 1 aromatic rings. The minimum Gasteiger partial charge on any atom is -0.329 e. The summed E-state index contributed by atoms with van der Waals surface area (Å²) in [7, 11) is 0. The van der Waals surface area contributed by atoms with Crippen LogP contribution in [-0.4, -0.2) is 30.1 Å². The van der Waals surface area contributed by atoms with Crippen LogP contribution in [0.1, 0.15) is 38.7 Å². The fourth-order valence-electron chi connectivity index (χ4n) is 3.40. The van der Waals surface area contributed by atoms with Gasteiger partial charge in [-0.3, -0.25) is 4.90 Å². The smallest absolute Gasteiger partial charge is 0.0369 e. The Kier molecular flexibility index (Phi) is 5.00. The van der Waals surface area contributed by atoms with Crippen LogP contribution in [-0.2, 0) is 6.42 Å². The lowest BCUT2D eigenvalue weighted by atomic mass is 9.83. The fraction of sp³-hybridized carbons (Fsp3) is 0.647. The second-order valence-electron chi connectivity index (χ2n) is 6.14. The second kappa shape index (κ2) is 6.53. The predicted molar refractivity (Wildman–Crippen MR) is 82.2 cm³/mol. The molecule has 2 atom stereocenters. The Bertz CT molecular complexity index is 370. The molecular formula is C17H28N2. The van der Waals surface area contributed by atoms with E-state index in [-0.39, 0.29) is 5.54 Å². The van der Waals surface area contributed by atoms with Crippen molar-refractivity contribution in [3.05, 3.63) is 35.9 Å². The largest absolute Gasteiger partial charge is 0.329 e. The fourth-order valence-corrected chi connectivity index (χ4v) is 3.40. The summed E-state index contributed by atoms with van der Waals surface area (Å²) in [6, 6.07) is 10.8. The molecule has 0 saturated carbocycles. The Labute approximate surface area is 118 Å². The van der Waals surface area contributed by atoms with Gasteiger partial charge in [0.15, 0.2) is 0 Å². The summed E-state index contributed by atoms with van der Waals surface area (Å²) in [4.78, 5) is 2.66. The van der Waals surface area contributed by atoms with Crippen LogP contribution in [0.15, 0.2) is 30.3 Å². The van der Waals surface area contributed by atoms with Crippen molar-refractivity contribution in [3.63, 3.8) is 0 Å². The van der Waals surface area contributed by atoms with Gasteiger partial charge in [0.25, 0.3) is 0 Å². The van der Waals surface area contributed by atoms with Crippen molar-refractivity contribution in [1.82, 2.24) is 4.90 Å². The summed E-state index contributed by atoms with van der Waals surface area (Å²) < 4.78 is 0. The summed E-state index contributed by atoms with van der Waals surface area (Å²) in [5.74, 6) is 0.807. The van der Waals surface area contributed by atoms with Gasteiger partial charge in [-0.25, -0.2) is 0 Å². The molecule has 0 spiro atoms. The third-order valence-electron chi connectivity index (χ3n) is 4.74. The van der Waals surface area contributed by atoms with Crippen LogP contribution in [0.2, 0.25) is 0 Å². The van der Waals surface area contributed by atoms with E-state index in [1.54, 1.807) is 0 Å². The highest BCUT2D eigenvalue weighted by Gasteiger charge is 2.35. The van der Waals surface area contributed by atoms with E-state index in [9.17, 15) is 0 Å². The summed E-state index contributed by atoms with van der Waals surface area (Å²) in [6.45, 7) is 7.83. The van der Waals surface area contributed by atoms with Crippen molar-refractivity contribution >= 4 is 0 Å². The Morgan fingerprint density at radius 2 is 2.05 bits per heavy atom. The van der Waals surface area contributed by atoms with E-state index in [1.807, 2.05) is 0 Å². The highest BCUT2D eigenvalue weighted by Crippen LogP contribution is 2.29. The number of piperidine rings is 1. The third-order valence-corrected chi connectivity index (χ3v) is 4.74. The molecule has 0 bridgehead atoms. The second-order valence-corrected chi connectivity index (χ2v) is 6.14. The first-order valence-electron chi connectivity index (χ1n) is 7.69. The highest BCUT2D eigenvalue weighted by atomic mass is 15.2. The first-order valence-corrected chi connectivity index (χ1v) is 7.69. The molecule has 1 aliphatic heterocycles. The van der Waals surface area contributed by atoms with Gasteiger partial charge >= 0.3 is 0 Å². The number of nitrogens with zero attached hydrogens (tertiary/aromatic N) is 1. The molecule has 2 unspecified atom stereocenters. The topological polar surface area (TPSA) is 29.3 Å². The van der Waals surface area contributed by atoms with E-state index in [1.165, 1.54) is 31.5 Å². The van der Waals surface area contributed by atoms with Gasteiger partial charge in [0.2, 0.25) is 0 Å². The molecule has 0 radical (unpaired) electrons. The molecule has 19 heavy (non-hydrogen) atoms. The van der Waals surface area contributed by atoms with Crippen LogP contribution in [0, 0.1) is 5.92 Å². The summed E-state index contributed by atoms with van der Waals surface area (Å²) in [5.41, 5.74) is 7.76. The van der Waals surface area contributed by atoms with Crippen LogP contribution < -0.4 is 5.73 Å². The number of benzene rings is 1. The molecule has 1 saturated heterocycles.